The maximum atomic E-state index is 12.0. The van der Waals surface area contributed by atoms with E-state index in [1.807, 2.05) is 13.0 Å². The summed E-state index contributed by atoms with van der Waals surface area (Å²) in [4.78, 5) is 35.8. The van der Waals surface area contributed by atoms with E-state index in [1.165, 1.54) is 5.57 Å². The Bertz CT molecular complexity index is 791. The number of allylic oxidation sites excluding steroid dienone is 3. The molecule has 158 valence electrons. The number of aldehydes is 1. The Kier molecular flexibility index (Phi) is 5.33. The van der Waals surface area contributed by atoms with E-state index in [0.717, 1.165) is 63.2 Å². The average molecular weight is 399 g/mol. The molecule has 0 heterocycles. The molecule has 0 saturated heterocycles. The van der Waals surface area contributed by atoms with E-state index in [4.69, 9.17) is 4.74 Å². The van der Waals surface area contributed by atoms with Gasteiger partial charge in [0, 0.05) is 12.8 Å². The second kappa shape index (κ2) is 7.52. The summed E-state index contributed by atoms with van der Waals surface area (Å²) < 4.78 is 5.52. The first-order chi connectivity index (χ1) is 13.8. The van der Waals surface area contributed by atoms with Crippen molar-refractivity contribution in [3.05, 3.63) is 23.0 Å². The number of esters is 1. The van der Waals surface area contributed by atoms with Crippen molar-refractivity contribution in [2.24, 2.45) is 28.6 Å². The summed E-state index contributed by atoms with van der Waals surface area (Å²) in [6.07, 6.45) is 11.7. The summed E-state index contributed by atoms with van der Waals surface area (Å²) >= 11 is 0. The first-order valence-corrected chi connectivity index (χ1v) is 11.5. The Hall–Kier alpha value is -1.71. The number of fused-ring (bicyclic) bond motifs is 5. The molecule has 4 aliphatic rings. The van der Waals surface area contributed by atoms with Gasteiger partial charge in [-0.2, -0.15) is 0 Å². The highest BCUT2D eigenvalue weighted by Crippen LogP contribution is 2.66. The zero-order valence-corrected chi connectivity index (χ0v) is 18.1. The minimum atomic E-state index is -0.297. The standard InChI is InChI=1S/C25H34O4/c1-4-5-23(28)29-22(15-26)21-9-8-19-18-7-6-16-14-17(27)10-12-24(16,2)20(18)11-13-25(19,21)3/h14-15,18-20H,4-13H2,1-3H3/t18-,19-,20-,24-,25-/m0/s1. The Morgan fingerprint density at radius 3 is 2.59 bits per heavy atom. The molecular weight excluding hydrogens is 364 g/mol. The van der Waals surface area contributed by atoms with E-state index in [2.05, 4.69) is 13.8 Å². The van der Waals surface area contributed by atoms with Crippen LogP contribution < -0.4 is 0 Å². The fourth-order valence-corrected chi connectivity index (χ4v) is 7.31. The van der Waals surface area contributed by atoms with E-state index >= 15 is 0 Å². The lowest BCUT2D eigenvalue weighted by Crippen LogP contribution is -2.49. The van der Waals surface area contributed by atoms with E-state index in [1.54, 1.807) is 0 Å². The second-order valence-corrected chi connectivity index (χ2v) is 10.1. The molecule has 3 fully saturated rings. The number of carbonyl (C=O) groups is 3. The molecule has 0 aromatic rings. The van der Waals surface area contributed by atoms with Crippen molar-refractivity contribution >= 4 is 18.0 Å². The molecule has 0 aliphatic heterocycles. The highest BCUT2D eigenvalue weighted by atomic mass is 16.5. The van der Waals surface area contributed by atoms with Gasteiger partial charge in [-0.15, -0.1) is 0 Å². The van der Waals surface area contributed by atoms with Crippen LogP contribution in [0.2, 0.25) is 0 Å². The van der Waals surface area contributed by atoms with Crippen molar-refractivity contribution in [3.63, 3.8) is 0 Å². The third kappa shape index (κ3) is 3.23. The first kappa shape index (κ1) is 20.6. The number of ether oxygens (including phenoxy) is 1. The van der Waals surface area contributed by atoms with Gasteiger partial charge < -0.3 is 4.74 Å². The van der Waals surface area contributed by atoms with Crippen molar-refractivity contribution < 1.29 is 19.1 Å². The predicted octanol–water partition coefficient (Wildman–Crippen LogP) is 5.31. The van der Waals surface area contributed by atoms with Gasteiger partial charge in [0.15, 0.2) is 17.8 Å². The maximum Gasteiger partial charge on any atom is 0.311 e. The molecule has 29 heavy (non-hydrogen) atoms. The van der Waals surface area contributed by atoms with E-state index in [9.17, 15) is 14.4 Å². The largest absolute Gasteiger partial charge is 0.423 e. The normalized spacial score (nSPS) is 40.3. The van der Waals surface area contributed by atoms with Crippen molar-refractivity contribution in [1.82, 2.24) is 0 Å². The number of carbonyl (C=O) groups excluding carboxylic acids is 3. The fraction of sp³-hybridized carbons (Fsp3) is 0.720. The molecule has 4 heteroatoms. The third-order valence-electron chi connectivity index (χ3n) is 8.83. The summed E-state index contributed by atoms with van der Waals surface area (Å²) in [5.41, 5.74) is 2.57. The Morgan fingerprint density at radius 1 is 1.10 bits per heavy atom. The van der Waals surface area contributed by atoms with Gasteiger partial charge in [-0.3, -0.25) is 14.4 Å². The number of hydrogen-bond donors (Lipinski definition) is 0. The van der Waals surface area contributed by atoms with E-state index in [-0.39, 0.29) is 22.6 Å². The van der Waals surface area contributed by atoms with Gasteiger partial charge in [0.05, 0.1) is 0 Å². The van der Waals surface area contributed by atoms with Gasteiger partial charge in [0.1, 0.15) is 0 Å². The van der Waals surface area contributed by atoms with Crippen LogP contribution in [0.15, 0.2) is 23.0 Å². The summed E-state index contributed by atoms with van der Waals surface area (Å²) in [5.74, 6) is 2.07. The number of rotatable bonds is 4. The molecule has 4 rings (SSSR count). The Morgan fingerprint density at radius 2 is 1.86 bits per heavy atom. The first-order valence-electron chi connectivity index (χ1n) is 11.5. The number of hydrogen-bond acceptors (Lipinski definition) is 4. The Balaban J connectivity index is 1.63. The van der Waals surface area contributed by atoms with Crippen LogP contribution in [0.4, 0.5) is 0 Å². The van der Waals surface area contributed by atoms with Gasteiger partial charge in [-0.25, -0.2) is 0 Å². The second-order valence-electron chi connectivity index (χ2n) is 10.1. The van der Waals surface area contributed by atoms with E-state index in [0.29, 0.717) is 36.4 Å². The molecule has 0 aromatic carbocycles. The SMILES string of the molecule is CCCC(=O)OC(C=O)=C1CC[C@H]2[C@@H]3CCC4=CC(=O)CC[C@]4(C)[C@H]3CC[C@]12C. The fourth-order valence-electron chi connectivity index (χ4n) is 7.31. The summed E-state index contributed by atoms with van der Waals surface area (Å²) in [6, 6.07) is 0. The molecule has 0 amide bonds. The minimum absolute atomic E-state index is 0.0496. The highest BCUT2D eigenvalue weighted by Gasteiger charge is 2.58. The van der Waals surface area contributed by atoms with Crippen LogP contribution in [0.5, 0.6) is 0 Å². The molecule has 0 bridgehead atoms. The van der Waals surface area contributed by atoms with Crippen molar-refractivity contribution in [2.75, 3.05) is 0 Å². The maximum absolute atomic E-state index is 12.0. The summed E-state index contributed by atoms with van der Waals surface area (Å²) in [7, 11) is 0. The van der Waals surface area contributed by atoms with Gasteiger partial charge in [-0.1, -0.05) is 26.3 Å². The lowest BCUT2D eigenvalue weighted by molar-refractivity contribution is -0.141. The Labute approximate surface area is 174 Å². The molecule has 3 saturated carbocycles. The van der Waals surface area contributed by atoms with Crippen LogP contribution in [-0.2, 0) is 19.1 Å². The monoisotopic (exact) mass is 398 g/mol. The quantitative estimate of drug-likeness (QED) is 0.278. The van der Waals surface area contributed by atoms with Crippen LogP contribution in [-0.4, -0.2) is 18.0 Å². The van der Waals surface area contributed by atoms with Crippen molar-refractivity contribution in [1.29, 1.82) is 0 Å². The minimum Gasteiger partial charge on any atom is -0.423 e. The molecule has 4 aliphatic carbocycles. The predicted molar refractivity (Wildman–Crippen MR) is 111 cm³/mol. The van der Waals surface area contributed by atoms with Gasteiger partial charge in [0.25, 0.3) is 0 Å². The van der Waals surface area contributed by atoms with Crippen LogP contribution >= 0.6 is 0 Å². The smallest absolute Gasteiger partial charge is 0.311 e. The molecule has 0 N–H and O–H groups in total. The molecule has 0 unspecified atom stereocenters. The van der Waals surface area contributed by atoms with Crippen LogP contribution in [0.1, 0.15) is 85.0 Å². The lowest BCUT2D eigenvalue weighted by atomic mass is 9.47. The summed E-state index contributed by atoms with van der Waals surface area (Å²) in [5, 5.41) is 0. The molecule has 0 spiro atoms. The van der Waals surface area contributed by atoms with E-state index < -0.39 is 0 Å². The van der Waals surface area contributed by atoms with Crippen molar-refractivity contribution in [2.45, 2.75) is 85.0 Å². The molecule has 5 atom stereocenters. The highest BCUT2D eigenvalue weighted by molar-refractivity contribution is 5.91. The topological polar surface area (TPSA) is 60.4 Å². The van der Waals surface area contributed by atoms with Gasteiger partial charge >= 0.3 is 5.97 Å². The molecule has 0 radical (unpaired) electrons. The zero-order chi connectivity index (χ0) is 20.8. The zero-order valence-electron chi connectivity index (χ0n) is 18.1. The molecule has 4 nitrogen and oxygen atoms in total. The average Bonchev–Trinajstić information content (AvgIpc) is 3.04. The lowest BCUT2D eigenvalue weighted by Gasteiger charge is -2.57. The van der Waals surface area contributed by atoms with Crippen LogP contribution in [0.3, 0.4) is 0 Å². The third-order valence-corrected chi connectivity index (χ3v) is 8.83. The summed E-state index contributed by atoms with van der Waals surface area (Å²) in [6.45, 7) is 6.62. The van der Waals surface area contributed by atoms with Crippen LogP contribution in [0.25, 0.3) is 0 Å². The molecule has 0 aromatic heterocycles. The van der Waals surface area contributed by atoms with Gasteiger partial charge in [-0.05, 0) is 91.6 Å². The van der Waals surface area contributed by atoms with Gasteiger partial charge in [0.2, 0.25) is 0 Å². The number of ketones is 1. The molecular formula is C25H34O4. The van der Waals surface area contributed by atoms with Crippen molar-refractivity contribution in [3.8, 4) is 0 Å². The van der Waals surface area contributed by atoms with Crippen LogP contribution in [0, 0.1) is 28.6 Å².